The molecule has 0 spiro atoms. The maximum Gasteiger partial charge on any atom is 0.229 e. The Morgan fingerprint density at radius 2 is 1.52 bits per heavy atom. The molecule has 27 heavy (non-hydrogen) atoms. The van der Waals surface area contributed by atoms with Crippen LogP contribution in [0.25, 0.3) is 0 Å². The number of nitrogens with zero attached hydrogens (tertiary/aromatic N) is 2. The Bertz CT molecular complexity index is 931. The van der Waals surface area contributed by atoms with Gasteiger partial charge in [-0.25, -0.2) is 4.98 Å². The summed E-state index contributed by atoms with van der Waals surface area (Å²) in [6, 6.07) is 13.2. The highest BCUT2D eigenvalue weighted by Gasteiger charge is 2.08. The van der Waals surface area contributed by atoms with Gasteiger partial charge in [-0.3, -0.25) is 0 Å². The monoisotopic (exact) mass is 366 g/mol. The summed E-state index contributed by atoms with van der Waals surface area (Å²) in [6.07, 6.45) is 1.68. The fraction of sp³-hybridized carbons (Fsp3) is 0.200. The van der Waals surface area contributed by atoms with Crippen molar-refractivity contribution in [1.82, 2.24) is 9.97 Å². The van der Waals surface area contributed by atoms with E-state index in [1.807, 2.05) is 43.3 Å². The van der Waals surface area contributed by atoms with E-state index in [1.54, 1.807) is 33.6 Å². The second-order valence-electron chi connectivity index (χ2n) is 5.79. The fourth-order valence-electron chi connectivity index (χ4n) is 2.59. The average molecular weight is 366 g/mol. The van der Waals surface area contributed by atoms with Crippen molar-refractivity contribution in [2.75, 3.05) is 32.0 Å². The first-order valence-corrected chi connectivity index (χ1v) is 8.36. The third-order valence-electron chi connectivity index (χ3n) is 3.91. The van der Waals surface area contributed by atoms with E-state index in [0.717, 1.165) is 22.7 Å². The molecule has 0 saturated heterocycles. The van der Waals surface area contributed by atoms with E-state index in [1.165, 1.54) is 0 Å². The molecule has 1 aromatic heterocycles. The molecule has 0 aliphatic carbocycles. The molecule has 0 bridgehead atoms. The lowest BCUT2D eigenvalue weighted by molar-refractivity contribution is 0.355. The topological polar surface area (TPSA) is 77.5 Å². The molecule has 0 aliphatic heterocycles. The van der Waals surface area contributed by atoms with Gasteiger partial charge in [-0.2, -0.15) is 4.98 Å². The van der Waals surface area contributed by atoms with Crippen LogP contribution in [0.3, 0.4) is 0 Å². The normalized spacial score (nSPS) is 10.2. The number of nitrogens with one attached hydrogen (secondary N) is 2. The van der Waals surface area contributed by atoms with Crippen LogP contribution in [0.15, 0.2) is 48.7 Å². The summed E-state index contributed by atoms with van der Waals surface area (Å²) in [5.74, 6) is 3.14. The Labute approximate surface area is 158 Å². The Kier molecular flexibility index (Phi) is 5.61. The summed E-state index contributed by atoms with van der Waals surface area (Å²) < 4.78 is 16.0. The van der Waals surface area contributed by atoms with Gasteiger partial charge < -0.3 is 24.8 Å². The lowest BCUT2D eigenvalue weighted by Crippen LogP contribution is -2.02. The van der Waals surface area contributed by atoms with Crippen LogP contribution in [0.1, 0.15) is 5.56 Å². The highest BCUT2D eigenvalue weighted by molar-refractivity contribution is 5.66. The summed E-state index contributed by atoms with van der Waals surface area (Å²) in [7, 11) is 4.84. The minimum Gasteiger partial charge on any atom is -0.495 e. The summed E-state index contributed by atoms with van der Waals surface area (Å²) in [4.78, 5) is 8.79. The molecular weight excluding hydrogens is 344 g/mol. The van der Waals surface area contributed by atoms with Crippen molar-refractivity contribution in [3.63, 3.8) is 0 Å². The number of aromatic nitrogens is 2. The maximum atomic E-state index is 5.39. The van der Waals surface area contributed by atoms with E-state index in [4.69, 9.17) is 14.2 Å². The van der Waals surface area contributed by atoms with Gasteiger partial charge in [-0.05, 0) is 42.8 Å². The van der Waals surface area contributed by atoms with E-state index in [9.17, 15) is 0 Å². The van der Waals surface area contributed by atoms with E-state index in [0.29, 0.717) is 23.3 Å². The molecule has 7 nitrogen and oxygen atoms in total. The number of methoxy groups -OCH3 is 3. The number of ether oxygens (including phenoxy) is 3. The second-order valence-corrected chi connectivity index (χ2v) is 5.79. The van der Waals surface area contributed by atoms with Gasteiger partial charge >= 0.3 is 0 Å². The van der Waals surface area contributed by atoms with E-state index < -0.39 is 0 Å². The van der Waals surface area contributed by atoms with Crippen molar-refractivity contribution >= 4 is 23.1 Å². The predicted octanol–water partition coefficient (Wildman–Crippen LogP) is 4.30. The lowest BCUT2D eigenvalue weighted by Gasteiger charge is -2.13. The zero-order valence-corrected chi connectivity index (χ0v) is 15.7. The van der Waals surface area contributed by atoms with Gasteiger partial charge in [0.05, 0.1) is 27.0 Å². The van der Waals surface area contributed by atoms with Gasteiger partial charge in [-0.15, -0.1) is 0 Å². The molecule has 0 fully saturated rings. The zero-order valence-electron chi connectivity index (χ0n) is 15.7. The van der Waals surface area contributed by atoms with Crippen LogP contribution in [0.5, 0.6) is 17.2 Å². The van der Waals surface area contributed by atoms with Crippen molar-refractivity contribution in [2.24, 2.45) is 0 Å². The number of anilines is 4. The molecule has 0 unspecified atom stereocenters. The van der Waals surface area contributed by atoms with Gasteiger partial charge in [0.25, 0.3) is 0 Å². The summed E-state index contributed by atoms with van der Waals surface area (Å²) in [6.45, 7) is 2.01. The molecule has 3 aromatic rings. The first kappa shape index (κ1) is 18.3. The molecule has 140 valence electrons. The van der Waals surface area contributed by atoms with Gasteiger partial charge in [0, 0.05) is 18.0 Å². The van der Waals surface area contributed by atoms with E-state index >= 15 is 0 Å². The van der Waals surface area contributed by atoms with Gasteiger partial charge in [0.1, 0.15) is 11.6 Å². The molecule has 3 rings (SSSR count). The molecule has 2 N–H and O–H groups in total. The molecule has 0 amide bonds. The Morgan fingerprint density at radius 1 is 0.778 bits per heavy atom. The number of aryl methyl sites for hydroxylation is 1. The van der Waals surface area contributed by atoms with Crippen molar-refractivity contribution in [3.8, 4) is 17.2 Å². The third kappa shape index (κ3) is 4.38. The fourth-order valence-corrected chi connectivity index (χ4v) is 2.59. The van der Waals surface area contributed by atoms with E-state index in [-0.39, 0.29) is 0 Å². The van der Waals surface area contributed by atoms with Crippen LogP contribution in [-0.4, -0.2) is 31.3 Å². The molecule has 0 aliphatic rings. The Balaban J connectivity index is 1.81. The van der Waals surface area contributed by atoms with Crippen molar-refractivity contribution in [3.05, 3.63) is 54.2 Å². The van der Waals surface area contributed by atoms with Crippen molar-refractivity contribution in [2.45, 2.75) is 6.92 Å². The minimum absolute atomic E-state index is 0.462. The smallest absolute Gasteiger partial charge is 0.229 e. The Morgan fingerprint density at radius 3 is 2.26 bits per heavy atom. The highest BCUT2D eigenvalue weighted by Crippen LogP contribution is 2.31. The largest absolute Gasteiger partial charge is 0.495 e. The highest BCUT2D eigenvalue weighted by atomic mass is 16.5. The van der Waals surface area contributed by atoms with Crippen LogP contribution in [0.2, 0.25) is 0 Å². The molecule has 1 heterocycles. The SMILES string of the molecule is COc1ccc(C)cc1Nc1nccc(Nc2ccc(OC)c(OC)c2)n1. The molecule has 7 heteroatoms. The quantitative estimate of drug-likeness (QED) is 0.645. The van der Waals surface area contributed by atoms with Gasteiger partial charge in [-0.1, -0.05) is 6.07 Å². The summed E-state index contributed by atoms with van der Waals surface area (Å²) in [5.41, 5.74) is 2.74. The van der Waals surface area contributed by atoms with Crippen LogP contribution in [0, 0.1) is 6.92 Å². The van der Waals surface area contributed by atoms with Crippen LogP contribution in [0.4, 0.5) is 23.1 Å². The zero-order chi connectivity index (χ0) is 19.2. The molecule has 2 aromatic carbocycles. The lowest BCUT2D eigenvalue weighted by atomic mass is 10.2. The van der Waals surface area contributed by atoms with E-state index in [2.05, 4.69) is 20.6 Å². The molecule has 0 saturated carbocycles. The Hall–Kier alpha value is -3.48. The first-order chi connectivity index (χ1) is 13.1. The number of hydrogen-bond donors (Lipinski definition) is 2. The van der Waals surface area contributed by atoms with Crippen molar-refractivity contribution < 1.29 is 14.2 Å². The van der Waals surface area contributed by atoms with Crippen LogP contribution < -0.4 is 24.8 Å². The molecular formula is C20H22N4O3. The number of rotatable bonds is 7. The third-order valence-corrected chi connectivity index (χ3v) is 3.91. The molecule has 0 atom stereocenters. The second kappa shape index (κ2) is 8.27. The van der Waals surface area contributed by atoms with Crippen LogP contribution in [-0.2, 0) is 0 Å². The van der Waals surface area contributed by atoms with Crippen LogP contribution >= 0.6 is 0 Å². The van der Waals surface area contributed by atoms with Gasteiger partial charge in [0.2, 0.25) is 5.95 Å². The summed E-state index contributed by atoms with van der Waals surface area (Å²) >= 11 is 0. The maximum absolute atomic E-state index is 5.39. The number of hydrogen-bond acceptors (Lipinski definition) is 7. The predicted molar refractivity (Wildman–Crippen MR) is 106 cm³/mol. The van der Waals surface area contributed by atoms with Gasteiger partial charge in [0.15, 0.2) is 11.5 Å². The average Bonchev–Trinajstić information content (AvgIpc) is 2.68. The summed E-state index contributed by atoms with van der Waals surface area (Å²) in [5, 5.41) is 6.44. The first-order valence-electron chi connectivity index (χ1n) is 8.36. The minimum atomic E-state index is 0.462. The molecule has 0 radical (unpaired) electrons. The standard InChI is InChI=1S/C20H22N4O3/c1-13-5-7-16(25-2)15(11-13)23-20-21-10-9-19(24-20)22-14-6-8-17(26-3)18(12-14)27-4/h5-12H,1-4H3,(H2,21,22,23,24). The number of benzene rings is 2. The van der Waals surface area contributed by atoms with Crippen molar-refractivity contribution in [1.29, 1.82) is 0 Å².